The lowest BCUT2D eigenvalue weighted by Gasteiger charge is -2.10. The highest BCUT2D eigenvalue weighted by Crippen LogP contribution is 2.36. The second-order valence-electron chi connectivity index (χ2n) is 2.69. The van der Waals surface area contributed by atoms with Crippen LogP contribution >= 0.6 is 22.6 Å². The molecule has 1 rings (SSSR count). The molecule has 0 radical (unpaired) electrons. The maximum atomic E-state index is 12.0. The van der Waals surface area contributed by atoms with Crippen molar-refractivity contribution in [3.8, 4) is 5.75 Å². The zero-order valence-electron chi connectivity index (χ0n) is 7.86. The predicted molar refractivity (Wildman–Crippen MR) is 56.2 cm³/mol. The smallest absolute Gasteiger partial charge is 0.397 e. The maximum absolute atomic E-state index is 12.0. The molecule has 6 nitrogen and oxygen atoms in total. The Morgan fingerprint density at radius 3 is 2.59 bits per heavy atom. The van der Waals surface area contributed by atoms with Crippen molar-refractivity contribution in [2.45, 2.75) is 13.0 Å². The third kappa shape index (κ3) is 3.39. The van der Waals surface area contributed by atoms with Crippen LogP contribution in [0.15, 0.2) is 6.20 Å². The maximum Gasteiger partial charge on any atom is 0.573 e. The standard InChI is InChI=1S/C7H4F3IN2O4/c8-7(9,10)17-4-1-12-3(2-14)5(11)6(4)13(15)16/h1,14H,2H2. The number of ether oxygens (including phenoxy) is 1. The molecule has 94 valence electrons. The molecule has 0 aliphatic rings. The Kier molecular flexibility index (Phi) is 4.08. The van der Waals surface area contributed by atoms with Gasteiger partial charge in [-0.2, -0.15) is 0 Å². The Morgan fingerprint density at radius 1 is 1.59 bits per heavy atom. The monoisotopic (exact) mass is 364 g/mol. The molecule has 0 fully saturated rings. The Labute approximate surface area is 106 Å². The van der Waals surface area contributed by atoms with Gasteiger partial charge in [0.05, 0.1) is 23.4 Å². The van der Waals surface area contributed by atoms with Crippen LogP contribution in [0.5, 0.6) is 5.75 Å². The van der Waals surface area contributed by atoms with Crippen molar-refractivity contribution in [2.75, 3.05) is 0 Å². The van der Waals surface area contributed by atoms with Gasteiger partial charge in [-0.25, -0.2) is 0 Å². The van der Waals surface area contributed by atoms with Crippen LogP contribution in [0, 0.1) is 13.7 Å². The average Bonchev–Trinajstić information content (AvgIpc) is 2.14. The van der Waals surface area contributed by atoms with Gasteiger partial charge >= 0.3 is 12.0 Å². The van der Waals surface area contributed by atoms with E-state index in [0.717, 1.165) is 0 Å². The molecule has 0 amide bonds. The Morgan fingerprint density at radius 2 is 2.18 bits per heavy atom. The van der Waals surface area contributed by atoms with Gasteiger partial charge in [0, 0.05) is 0 Å². The molecule has 0 saturated carbocycles. The number of rotatable bonds is 3. The minimum atomic E-state index is -5.05. The number of alkyl halides is 3. The number of aromatic nitrogens is 1. The largest absolute Gasteiger partial charge is 0.573 e. The fraction of sp³-hybridized carbons (Fsp3) is 0.286. The molecule has 1 heterocycles. The van der Waals surface area contributed by atoms with E-state index in [4.69, 9.17) is 5.11 Å². The Bertz CT molecular complexity index is 451. The van der Waals surface area contributed by atoms with Gasteiger partial charge in [-0.15, -0.1) is 13.2 Å². The average molecular weight is 364 g/mol. The molecule has 0 unspecified atom stereocenters. The molecule has 0 aliphatic carbocycles. The van der Waals surface area contributed by atoms with Gasteiger partial charge in [0.15, 0.2) is 0 Å². The van der Waals surface area contributed by atoms with E-state index in [1.54, 1.807) is 0 Å². The van der Waals surface area contributed by atoms with Crippen molar-refractivity contribution in [1.29, 1.82) is 0 Å². The van der Waals surface area contributed by atoms with Crippen LogP contribution in [0.3, 0.4) is 0 Å². The first-order valence-electron chi connectivity index (χ1n) is 3.94. The summed E-state index contributed by atoms with van der Waals surface area (Å²) in [7, 11) is 0. The fourth-order valence-electron chi connectivity index (χ4n) is 0.979. The summed E-state index contributed by atoms with van der Waals surface area (Å²) in [6, 6.07) is 0. The number of nitrogens with zero attached hydrogens (tertiary/aromatic N) is 2. The number of pyridine rings is 1. The molecule has 0 atom stereocenters. The second kappa shape index (κ2) is 5.00. The van der Waals surface area contributed by atoms with Gasteiger partial charge in [0.2, 0.25) is 5.75 Å². The van der Waals surface area contributed by atoms with E-state index in [0.29, 0.717) is 6.20 Å². The first-order chi connectivity index (χ1) is 7.76. The summed E-state index contributed by atoms with van der Waals surface area (Å²) in [5.74, 6) is -1.01. The van der Waals surface area contributed by atoms with Crippen LogP contribution in [-0.2, 0) is 6.61 Å². The number of nitro groups is 1. The summed E-state index contributed by atoms with van der Waals surface area (Å²) < 4.78 is 39.2. The van der Waals surface area contributed by atoms with Gasteiger partial charge in [-0.3, -0.25) is 15.1 Å². The molecule has 1 aromatic rings. The topological polar surface area (TPSA) is 85.5 Å². The Hall–Kier alpha value is -1.17. The van der Waals surface area contributed by atoms with E-state index in [9.17, 15) is 23.3 Å². The summed E-state index contributed by atoms with van der Waals surface area (Å²) in [6.45, 7) is -0.620. The third-order valence-corrected chi connectivity index (χ3v) is 2.72. The number of aliphatic hydroxyl groups excluding tert-OH is 1. The molecule has 0 aliphatic heterocycles. The highest BCUT2D eigenvalue weighted by molar-refractivity contribution is 14.1. The van der Waals surface area contributed by atoms with Crippen LogP contribution in [0.2, 0.25) is 0 Å². The van der Waals surface area contributed by atoms with Crippen molar-refractivity contribution >= 4 is 28.3 Å². The van der Waals surface area contributed by atoms with E-state index in [1.165, 1.54) is 22.6 Å². The molecule has 10 heteroatoms. The minimum absolute atomic E-state index is 0.0909. The Balaban J connectivity index is 3.32. The lowest BCUT2D eigenvalue weighted by molar-refractivity contribution is -0.389. The summed E-state index contributed by atoms with van der Waals surface area (Å²) in [5, 5.41) is 19.4. The summed E-state index contributed by atoms with van der Waals surface area (Å²) in [5.41, 5.74) is -0.964. The highest BCUT2D eigenvalue weighted by Gasteiger charge is 2.36. The van der Waals surface area contributed by atoms with Gasteiger partial charge in [-0.05, 0) is 22.6 Å². The van der Waals surface area contributed by atoms with Crippen molar-refractivity contribution in [1.82, 2.24) is 4.98 Å². The normalized spacial score (nSPS) is 11.4. The number of hydrogen-bond acceptors (Lipinski definition) is 5. The minimum Gasteiger partial charge on any atom is -0.397 e. The summed E-state index contributed by atoms with van der Waals surface area (Å²) in [6.07, 6.45) is -4.49. The molecule has 0 saturated heterocycles. The van der Waals surface area contributed by atoms with Crippen molar-refractivity contribution in [3.05, 3.63) is 25.6 Å². The highest BCUT2D eigenvalue weighted by atomic mass is 127. The molecule has 0 aromatic carbocycles. The van der Waals surface area contributed by atoms with Crippen LogP contribution in [0.4, 0.5) is 18.9 Å². The van der Waals surface area contributed by atoms with Gasteiger partial charge in [0.1, 0.15) is 3.57 Å². The van der Waals surface area contributed by atoms with Gasteiger partial charge in [0.25, 0.3) is 0 Å². The summed E-state index contributed by atoms with van der Waals surface area (Å²) in [4.78, 5) is 13.1. The molecular weight excluding hydrogens is 360 g/mol. The molecular formula is C7H4F3IN2O4. The van der Waals surface area contributed by atoms with E-state index in [-0.39, 0.29) is 9.26 Å². The zero-order chi connectivity index (χ0) is 13.2. The SMILES string of the molecule is O=[N+]([O-])c1c(OC(F)(F)F)cnc(CO)c1I. The molecule has 1 aromatic heterocycles. The van der Waals surface area contributed by atoms with Crippen LogP contribution in [0.25, 0.3) is 0 Å². The van der Waals surface area contributed by atoms with Gasteiger partial charge < -0.3 is 9.84 Å². The van der Waals surface area contributed by atoms with Crippen LogP contribution in [-0.4, -0.2) is 21.4 Å². The third-order valence-electron chi connectivity index (χ3n) is 1.59. The predicted octanol–water partition coefficient (Wildman–Crippen LogP) is 1.99. The van der Waals surface area contributed by atoms with E-state index >= 15 is 0 Å². The number of hydrogen-bond donors (Lipinski definition) is 1. The van der Waals surface area contributed by atoms with Crippen molar-refractivity contribution < 1.29 is 27.9 Å². The fourth-order valence-corrected chi connectivity index (χ4v) is 1.75. The number of aliphatic hydroxyl groups is 1. The van der Waals surface area contributed by atoms with Crippen molar-refractivity contribution in [3.63, 3.8) is 0 Å². The van der Waals surface area contributed by atoms with Gasteiger partial charge in [-0.1, -0.05) is 0 Å². The lowest BCUT2D eigenvalue weighted by atomic mass is 10.3. The van der Waals surface area contributed by atoms with Crippen LogP contribution in [0.1, 0.15) is 5.69 Å². The molecule has 1 N–H and O–H groups in total. The molecule has 0 bridgehead atoms. The van der Waals surface area contributed by atoms with E-state index < -0.39 is 29.3 Å². The van der Waals surface area contributed by atoms with Crippen LogP contribution < -0.4 is 4.74 Å². The quantitative estimate of drug-likeness (QED) is 0.504. The van der Waals surface area contributed by atoms with E-state index in [1.807, 2.05) is 0 Å². The first-order valence-corrected chi connectivity index (χ1v) is 5.02. The zero-order valence-corrected chi connectivity index (χ0v) is 10.0. The second-order valence-corrected chi connectivity index (χ2v) is 3.77. The van der Waals surface area contributed by atoms with E-state index in [2.05, 4.69) is 9.72 Å². The van der Waals surface area contributed by atoms with Crippen molar-refractivity contribution in [2.24, 2.45) is 0 Å². The summed E-state index contributed by atoms with van der Waals surface area (Å²) >= 11 is 1.42. The molecule has 17 heavy (non-hydrogen) atoms. The lowest BCUT2D eigenvalue weighted by Crippen LogP contribution is -2.18. The molecule has 0 spiro atoms. The first kappa shape index (κ1) is 13.9. The number of halogens is 4.